The van der Waals surface area contributed by atoms with Gasteiger partial charge in [0.25, 0.3) is 0 Å². The lowest BCUT2D eigenvalue weighted by Crippen LogP contribution is -2.46. The molecule has 0 aromatic carbocycles. The van der Waals surface area contributed by atoms with Gasteiger partial charge in [0.1, 0.15) is 0 Å². The lowest BCUT2D eigenvalue weighted by Gasteiger charge is -2.39. The Hall–Kier alpha value is -0.870. The van der Waals surface area contributed by atoms with E-state index < -0.39 is 11.9 Å². The quantitative estimate of drug-likeness (QED) is 0.549. The Bertz CT molecular complexity index is 340. The molecule has 2 aliphatic rings. The summed E-state index contributed by atoms with van der Waals surface area (Å²) in [5, 5.41) is 0. The zero-order chi connectivity index (χ0) is 13.9. The van der Waals surface area contributed by atoms with Crippen LogP contribution in [0.5, 0.6) is 0 Å². The van der Waals surface area contributed by atoms with E-state index in [2.05, 4.69) is 6.58 Å². The van der Waals surface area contributed by atoms with Gasteiger partial charge in [-0.15, -0.1) is 6.58 Å². The highest BCUT2D eigenvalue weighted by Gasteiger charge is 2.60. The molecule has 0 unspecified atom stereocenters. The molecule has 1 saturated heterocycles. The topological polar surface area (TPSA) is 44.8 Å². The maximum Gasteiger partial charge on any atom is 0.335 e. The average Bonchev–Trinajstić information content (AvgIpc) is 2.84. The second kappa shape index (κ2) is 5.63. The zero-order valence-corrected chi connectivity index (χ0v) is 11.9. The Morgan fingerprint density at radius 3 is 2.95 bits per heavy atom. The molecule has 2 rings (SSSR count). The van der Waals surface area contributed by atoms with Crippen molar-refractivity contribution in [1.82, 2.24) is 0 Å². The molecule has 0 amide bonds. The first-order valence-electron chi connectivity index (χ1n) is 7.18. The molecule has 0 aromatic heterocycles. The van der Waals surface area contributed by atoms with E-state index in [9.17, 15) is 4.79 Å². The summed E-state index contributed by atoms with van der Waals surface area (Å²) in [6.45, 7) is 8.46. The maximum absolute atomic E-state index is 11.8. The monoisotopic (exact) mass is 268 g/mol. The van der Waals surface area contributed by atoms with Crippen LogP contribution >= 0.6 is 0 Å². The van der Waals surface area contributed by atoms with Gasteiger partial charge in [0.15, 0.2) is 11.9 Å². The molecule has 2 fully saturated rings. The fourth-order valence-corrected chi connectivity index (χ4v) is 3.51. The molecule has 4 heteroatoms. The average molecular weight is 268 g/mol. The fourth-order valence-electron chi connectivity index (χ4n) is 3.51. The summed E-state index contributed by atoms with van der Waals surface area (Å²) in [5.74, 6) is -0.931. The van der Waals surface area contributed by atoms with Gasteiger partial charge in [0.2, 0.25) is 0 Å². The summed E-state index contributed by atoms with van der Waals surface area (Å²) in [6.07, 6.45) is 6.22. The molecule has 1 aliphatic carbocycles. The highest BCUT2D eigenvalue weighted by atomic mass is 16.7. The summed E-state index contributed by atoms with van der Waals surface area (Å²) in [5.41, 5.74) is -0.00446. The van der Waals surface area contributed by atoms with Crippen LogP contribution in [0.25, 0.3) is 0 Å². The van der Waals surface area contributed by atoms with E-state index in [1.165, 1.54) is 0 Å². The van der Waals surface area contributed by atoms with Gasteiger partial charge < -0.3 is 14.2 Å². The van der Waals surface area contributed by atoms with Gasteiger partial charge >= 0.3 is 5.97 Å². The molecule has 108 valence electrons. The van der Waals surface area contributed by atoms with Crippen molar-refractivity contribution < 1.29 is 19.0 Å². The number of fused-ring (bicyclic) bond motifs is 1. The van der Waals surface area contributed by atoms with Gasteiger partial charge in [-0.2, -0.15) is 0 Å². The summed E-state index contributed by atoms with van der Waals surface area (Å²) in [4.78, 5) is 11.8. The number of esters is 1. The first-order valence-corrected chi connectivity index (χ1v) is 7.18. The number of ether oxygens (including phenoxy) is 3. The van der Waals surface area contributed by atoms with Crippen LogP contribution in [0.2, 0.25) is 0 Å². The number of allylic oxidation sites excluding steroid dienone is 1. The molecular formula is C15H24O4. The maximum atomic E-state index is 11.8. The van der Waals surface area contributed by atoms with Gasteiger partial charge in [-0.1, -0.05) is 6.08 Å². The number of hydrogen-bond acceptors (Lipinski definition) is 4. The van der Waals surface area contributed by atoms with E-state index in [1.807, 2.05) is 6.08 Å². The highest BCUT2D eigenvalue weighted by molar-refractivity contribution is 5.74. The number of hydrogen-bond donors (Lipinski definition) is 0. The lowest BCUT2D eigenvalue weighted by atomic mass is 9.77. The molecule has 0 radical (unpaired) electrons. The molecule has 0 spiro atoms. The molecular weight excluding hydrogens is 244 g/mol. The Morgan fingerprint density at radius 2 is 2.26 bits per heavy atom. The molecule has 0 N–H and O–H groups in total. The minimum atomic E-state index is -0.618. The van der Waals surface area contributed by atoms with Crippen molar-refractivity contribution >= 4 is 5.97 Å². The van der Waals surface area contributed by atoms with Gasteiger partial charge in [-0.25, -0.2) is 4.79 Å². The van der Waals surface area contributed by atoms with E-state index in [4.69, 9.17) is 14.2 Å². The number of carbonyl (C=O) groups is 1. The fraction of sp³-hybridized carbons (Fsp3) is 0.800. The molecule has 0 bridgehead atoms. The Labute approximate surface area is 115 Å². The molecule has 1 saturated carbocycles. The number of rotatable bonds is 6. The Morgan fingerprint density at radius 1 is 1.47 bits per heavy atom. The minimum Gasteiger partial charge on any atom is -0.464 e. The predicted octanol–water partition coefficient (Wildman–Crippen LogP) is 2.82. The summed E-state index contributed by atoms with van der Waals surface area (Å²) in [6, 6.07) is 0. The Kier molecular flexibility index (Phi) is 4.31. The third-order valence-corrected chi connectivity index (χ3v) is 4.41. The lowest BCUT2D eigenvalue weighted by molar-refractivity contribution is -0.266. The Balaban J connectivity index is 2.12. The van der Waals surface area contributed by atoms with Crippen LogP contribution < -0.4 is 0 Å². The summed E-state index contributed by atoms with van der Waals surface area (Å²) in [7, 11) is 0. The van der Waals surface area contributed by atoms with Gasteiger partial charge in [-0.05, 0) is 39.5 Å². The van der Waals surface area contributed by atoms with Crippen molar-refractivity contribution in [2.45, 2.75) is 57.8 Å². The molecule has 3 atom stereocenters. The SMILES string of the molecule is C=CC[C@]12CCC[C@@]1(O[C@@H](C)C(=O)OCC)OCC2. The zero-order valence-electron chi connectivity index (χ0n) is 11.9. The van der Waals surface area contributed by atoms with Crippen molar-refractivity contribution in [1.29, 1.82) is 0 Å². The van der Waals surface area contributed by atoms with Crippen LogP contribution in [0, 0.1) is 5.41 Å². The van der Waals surface area contributed by atoms with Crippen LogP contribution in [-0.4, -0.2) is 31.1 Å². The van der Waals surface area contributed by atoms with Crippen LogP contribution in [0.4, 0.5) is 0 Å². The van der Waals surface area contributed by atoms with Crippen molar-refractivity contribution in [2.24, 2.45) is 5.41 Å². The van der Waals surface area contributed by atoms with E-state index in [0.717, 1.165) is 32.1 Å². The third-order valence-electron chi connectivity index (χ3n) is 4.41. The summed E-state index contributed by atoms with van der Waals surface area (Å²) >= 11 is 0. The second-order valence-corrected chi connectivity index (χ2v) is 5.49. The second-order valence-electron chi connectivity index (χ2n) is 5.49. The summed E-state index contributed by atoms with van der Waals surface area (Å²) < 4.78 is 17.0. The molecule has 4 nitrogen and oxygen atoms in total. The first kappa shape index (κ1) is 14.5. The largest absolute Gasteiger partial charge is 0.464 e. The van der Waals surface area contributed by atoms with Crippen LogP contribution in [-0.2, 0) is 19.0 Å². The molecule has 0 aromatic rings. The van der Waals surface area contributed by atoms with E-state index in [-0.39, 0.29) is 11.4 Å². The number of carbonyl (C=O) groups excluding carboxylic acids is 1. The van der Waals surface area contributed by atoms with Gasteiger partial charge in [0, 0.05) is 11.8 Å². The van der Waals surface area contributed by atoms with Crippen LogP contribution in [0.1, 0.15) is 46.0 Å². The minimum absolute atomic E-state index is 0.00446. The van der Waals surface area contributed by atoms with Crippen LogP contribution in [0.3, 0.4) is 0 Å². The van der Waals surface area contributed by atoms with Crippen molar-refractivity contribution in [3.05, 3.63) is 12.7 Å². The van der Waals surface area contributed by atoms with E-state index >= 15 is 0 Å². The van der Waals surface area contributed by atoms with Crippen LogP contribution in [0.15, 0.2) is 12.7 Å². The van der Waals surface area contributed by atoms with Gasteiger partial charge in [-0.3, -0.25) is 0 Å². The van der Waals surface area contributed by atoms with Crippen molar-refractivity contribution in [3.8, 4) is 0 Å². The molecule has 1 heterocycles. The van der Waals surface area contributed by atoms with E-state index in [0.29, 0.717) is 13.2 Å². The third kappa shape index (κ3) is 2.43. The highest BCUT2D eigenvalue weighted by Crippen LogP contribution is 2.58. The smallest absolute Gasteiger partial charge is 0.335 e. The molecule has 19 heavy (non-hydrogen) atoms. The normalized spacial score (nSPS) is 34.8. The standard InChI is InChI=1S/C15H24O4/c1-4-7-14-8-6-9-15(14,18-11-10-14)19-12(3)13(16)17-5-2/h4,12H,1,5-11H2,2-3H3/t12-,14+,15-/m0/s1. The molecule has 1 aliphatic heterocycles. The van der Waals surface area contributed by atoms with Crippen molar-refractivity contribution in [3.63, 3.8) is 0 Å². The van der Waals surface area contributed by atoms with Gasteiger partial charge in [0.05, 0.1) is 13.2 Å². The first-order chi connectivity index (χ1) is 9.09. The van der Waals surface area contributed by atoms with Crippen molar-refractivity contribution in [2.75, 3.05) is 13.2 Å². The predicted molar refractivity (Wildman–Crippen MR) is 71.6 cm³/mol. The van der Waals surface area contributed by atoms with E-state index in [1.54, 1.807) is 13.8 Å².